The van der Waals surface area contributed by atoms with Crippen LogP contribution in [0.3, 0.4) is 0 Å². The van der Waals surface area contributed by atoms with E-state index in [0.29, 0.717) is 5.75 Å². The van der Waals surface area contributed by atoms with Crippen LogP contribution < -0.4 is 4.74 Å². The first-order valence-corrected chi connectivity index (χ1v) is 7.85. The highest BCUT2D eigenvalue weighted by molar-refractivity contribution is 5.38. The molecule has 0 unspecified atom stereocenters. The molecule has 1 aromatic rings. The Hall–Kier alpha value is -1.31. The van der Waals surface area contributed by atoms with E-state index in [2.05, 4.69) is 12.2 Å². The van der Waals surface area contributed by atoms with Gasteiger partial charge in [-0.05, 0) is 62.1 Å². The van der Waals surface area contributed by atoms with Crippen molar-refractivity contribution in [3.63, 3.8) is 0 Å². The molecule has 0 bridgehead atoms. The summed E-state index contributed by atoms with van der Waals surface area (Å²) >= 11 is 0. The minimum Gasteiger partial charge on any atom is -0.487 e. The van der Waals surface area contributed by atoms with Crippen molar-refractivity contribution >= 4 is 0 Å². The lowest BCUT2D eigenvalue weighted by molar-refractivity contribution is 0.287. The highest BCUT2D eigenvalue weighted by Gasteiger charge is 2.25. The standard InChI is InChI=1S/C18H23FO/c1-13-15(8-4-7-14-5-2-3-6-14)9-12-17(18(13)19)20-16-10-11-16/h4,7,9,12,14,16H,2-3,5-6,8,10-11H2,1H3/b7-4+. The molecule has 0 spiro atoms. The third-order valence-electron chi connectivity index (χ3n) is 4.43. The molecule has 0 atom stereocenters. The highest BCUT2D eigenvalue weighted by atomic mass is 19.1. The van der Waals surface area contributed by atoms with Crippen molar-refractivity contribution in [1.29, 1.82) is 0 Å². The number of halogens is 1. The molecule has 0 N–H and O–H groups in total. The van der Waals surface area contributed by atoms with Crippen LogP contribution in [-0.4, -0.2) is 6.10 Å². The third-order valence-corrected chi connectivity index (χ3v) is 4.43. The Kier molecular flexibility index (Phi) is 4.09. The van der Waals surface area contributed by atoms with Crippen molar-refractivity contribution < 1.29 is 9.13 Å². The molecule has 0 aromatic heterocycles. The van der Waals surface area contributed by atoms with Crippen molar-refractivity contribution in [2.75, 3.05) is 0 Å². The van der Waals surface area contributed by atoms with Crippen LogP contribution >= 0.6 is 0 Å². The van der Waals surface area contributed by atoms with Gasteiger partial charge in [0.05, 0.1) is 6.10 Å². The summed E-state index contributed by atoms with van der Waals surface area (Å²) in [6.07, 6.45) is 13.1. The number of allylic oxidation sites excluding steroid dienone is 2. The van der Waals surface area contributed by atoms with Crippen LogP contribution in [0.4, 0.5) is 4.39 Å². The van der Waals surface area contributed by atoms with Crippen LogP contribution in [0, 0.1) is 18.7 Å². The second-order valence-electron chi connectivity index (χ2n) is 6.16. The third kappa shape index (κ3) is 3.23. The normalized spacial score (nSPS) is 19.9. The van der Waals surface area contributed by atoms with Crippen molar-refractivity contribution in [2.24, 2.45) is 5.92 Å². The second kappa shape index (κ2) is 5.99. The summed E-state index contributed by atoms with van der Waals surface area (Å²) in [4.78, 5) is 0. The molecule has 2 saturated carbocycles. The lowest BCUT2D eigenvalue weighted by Gasteiger charge is -2.11. The molecule has 0 radical (unpaired) electrons. The van der Waals surface area contributed by atoms with E-state index >= 15 is 0 Å². The van der Waals surface area contributed by atoms with E-state index in [1.54, 1.807) is 6.07 Å². The summed E-state index contributed by atoms with van der Waals surface area (Å²) in [5.41, 5.74) is 1.80. The van der Waals surface area contributed by atoms with Crippen molar-refractivity contribution in [3.8, 4) is 5.75 Å². The van der Waals surface area contributed by atoms with Gasteiger partial charge in [0.15, 0.2) is 11.6 Å². The minimum absolute atomic E-state index is 0.177. The van der Waals surface area contributed by atoms with Gasteiger partial charge < -0.3 is 4.74 Å². The predicted molar refractivity (Wildman–Crippen MR) is 79.6 cm³/mol. The van der Waals surface area contributed by atoms with E-state index in [1.165, 1.54) is 25.7 Å². The number of rotatable bonds is 5. The molecule has 20 heavy (non-hydrogen) atoms. The van der Waals surface area contributed by atoms with Gasteiger partial charge in [-0.2, -0.15) is 0 Å². The summed E-state index contributed by atoms with van der Waals surface area (Å²) in [6, 6.07) is 3.80. The van der Waals surface area contributed by atoms with Crippen LogP contribution in [0.5, 0.6) is 5.75 Å². The van der Waals surface area contributed by atoms with E-state index in [4.69, 9.17) is 4.74 Å². The number of ether oxygens (including phenoxy) is 1. The highest BCUT2D eigenvalue weighted by Crippen LogP contribution is 2.31. The van der Waals surface area contributed by atoms with Crippen molar-refractivity contribution in [1.82, 2.24) is 0 Å². The topological polar surface area (TPSA) is 9.23 Å². The molecule has 0 heterocycles. The Labute approximate surface area is 120 Å². The van der Waals surface area contributed by atoms with Gasteiger partial charge in [0.25, 0.3) is 0 Å². The zero-order valence-corrected chi connectivity index (χ0v) is 12.2. The van der Waals surface area contributed by atoms with E-state index in [-0.39, 0.29) is 11.9 Å². The minimum atomic E-state index is -0.177. The molecule has 108 valence electrons. The van der Waals surface area contributed by atoms with Gasteiger partial charge in [-0.15, -0.1) is 0 Å². The van der Waals surface area contributed by atoms with E-state index in [1.807, 2.05) is 13.0 Å². The zero-order chi connectivity index (χ0) is 13.9. The lowest BCUT2D eigenvalue weighted by atomic mass is 10.0. The van der Waals surface area contributed by atoms with E-state index in [0.717, 1.165) is 36.3 Å². The monoisotopic (exact) mass is 274 g/mol. The van der Waals surface area contributed by atoms with Crippen LogP contribution in [0.25, 0.3) is 0 Å². The van der Waals surface area contributed by atoms with Gasteiger partial charge in [0, 0.05) is 0 Å². The van der Waals surface area contributed by atoms with E-state index < -0.39 is 0 Å². The fraction of sp³-hybridized carbons (Fsp3) is 0.556. The van der Waals surface area contributed by atoms with Crippen LogP contribution in [0.15, 0.2) is 24.3 Å². The predicted octanol–water partition coefficient (Wildman–Crippen LogP) is 4.96. The van der Waals surface area contributed by atoms with Gasteiger partial charge in [-0.25, -0.2) is 4.39 Å². The molecule has 0 amide bonds. The Bertz CT molecular complexity index is 496. The zero-order valence-electron chi connectivity index (χ0n) is 12.2. The van der Waals surface area contributed by atoms with E-state index in [9.17, 15) is 4.39 Å². The summed E-state index contributed by atoms with van der Waals surface area (Å²) in [5.74, 6) is 0.995. The molecule has 1 nitrogen and oxygen atoms in total. The van der Waals surface area contributed by atoms with Crippen molar-refractivity contribution in [2.45, 2.75) is 58.0 Å². The maximum atomic E-state index is 14.2. The molecule has 3 rings (SSSR count). The average molecular weight is 274 g/mol. The van der Waals surface area contributed by atoms with Gasteiger partial charge in [-0.1, -0.05) is 31.1 Å². The average Bonchev–Trinajstić information content (AvgIpc) is 3.11. The Balaban J connectivity index is 1.64. The smallest absolute Gasteiger partial charge is 0.168 e. The molecule has 0 saturated heterocycles. The second-order valence-corrected chi connectivity index (χ2v) is 6.16. The van der Waals surface area contributed by atoms with Gasteiger partial charge in [0.1, 0.15) is 0 Å². The van der Waals surface area contributed by atoms with Crippen LogP contribution in [-0.2, 0) is 6.42 Å². The Morgan fingerprint density at radius 3 is 2.65 bits per heavy atom. The first-order chi connectivity index (χ1) is 9.74. The summed E-state index contributed by atoms with van der Waals surface area (Å²) in [6.45, 7) is 1.85. The molecule has 0 aliphatic heterocycles. The molecule has 2 fully saturated rings. The number of benzene rings is 1. The van der Waals surface area contributed by atoms with Gasteiger partial charge >= 0.3 is 0 Å². The summed E-state index contributed by atoms with van der Waals surface area (Å²) in [5, 5.41) is 0. The Morgan fingerprint density at radius 2 is 1.95 bits per heavy atom. The number of hydrogen-bond donors (Lipinski definition) is 0. The number of hydrogen-bond acceptors (Lipinski definition) is 1. The van der Waals surface area contributed by atoms with Crippen LogP contribution in [0.2, 0.25) is 0 Å². The lowest BCUT2D eigenvalue weighted by Crippen LogP contribution is -2.01. The molecule has 2 heteroatoms. The van der Waals surface area contributed by atoms with Crippen molar-refractivity contribution in [3.05, 3.63) is 41.2 Å². The molecular formula is C18H23FO. The fourth-order valence-electron chi connectivity index (χ4n) is 2.92. The van der Waals surface area contributed by atoms with Crippen LogP contribution in [0.1, 0.15) is 49.7 Å². The quantitative estimate of drug-likeness (QED) is 0.689. The van der Waals surface area contributed by atoms with Gasteiger partial charge in [-0.3, -0.25) is 0 Å². The first-order valence-electron chi connectivity index (χ1n) is 7.85. The Morgan fingerprint density at radius 1 is 1.20 bits per heavy atom. The SMILES string of the molecule is Cc1c(C/C=C/C2CCCC2)ccc(OC2CC2)c1F. The fourth-order valence-corrected chi connectivity index (χ4v) is 2.92. The molecular weight excluding hydrogens is 251 g/mol. The largest absolute Gasteiger partial charge is 0.487 e. The molecule has 2 aliphatic carbocycles. The maximum absolute atomic E-state index is 14.2. The summed E-state index contributed by atoms with van der Waals surface area (Å²) in [7, 11) is 0. The summed E-state index contributed by atoms with van der Waals surface area (Å²) < 4.78 is 19.8. The molecule has 2 aliphatic rings. The van der Waals surface area contributed by atoms with Gasteiger partial charge in [0.2, 0.25) is 0 Å². The molecule has 1 aromatic carbocycles. The first kappa shape index (κ1) is 13.7. The maximum Gasteiger partial charge on any atom is 0.168 e.